The number of hydrogen-bond donors (Lipinski definition) is 0. The first-order valence-electron chi connectivity index (χ1n) is 10.8. The van der Waals surface area contributed by atoms with E-state index in [1.807, 2.05) is 0 Å². The number of benzene rings is 2. The van der Waals surface area contributed by atoms with Gasteiger partial charge in [-0.3, -0.25) is 4.40 Å². The summed E-state index contributed by atoms with van der Waals surface area (Å²) in [4.78, 5) is 4.56. The summed E-state index contributed by atoms with van der Waals surface area (Å²) in [5.74, 6) is -0.600. The Bertz CT molecular complexity index is 1500. The normalized spacial score (nSPS) is 16.0. The van der Waals surface area contributed by atoms with Crippen molar-refractivity contribution < 1.29 is 31.1 Å². The van der Waals surface area contributed by atoms with Gasteiger partial charge in [-0.2, -0.15) is 8.78 Å². The van der Waals surface area contributed by atoms with Gasteiger partial charge in [0.1, 0.15) is 23.3 Å². The third-order valence-electron chi connectivity index (χ3n) is 5.81. The Morgan fingerprint density at radius 2 is 1.91 bits per heavy atom. The Labute approximate surface area is 199 Å². The van der Waals surface area contributed by atoms with Crippen molar-refractivity contribution in [3.8, 4) is 16.9 Å². The molecule has 6 nitrogen and oxygen atoms in total. The van der Waals surface area contributed by atoms with Crippen LogP contribution in [0.25, 0.3) is 16.8 Å². The summed E-state index contributed by atoms with van der Waals surface area (Å²) in [6, 6.07) is 14.3. The Kier molecular flexibility index (Phi) is 6.02. The Balaban J connectivity index is 1.60. The van der Waals surface area contributed by atoms with Gasteiger partial charge in [-0.05, 0) is 17.2 Å². The number of aromatic nitrogens is 2. The van der Waals surface area contributed by atoms with E-state index >= 15 is 4.39 Å². The molecular formula is C25H21F3N2O4S. The Hall–Kier alpha value is -3.37. The number of para-hydroxylation sites is 1. The number of pyridine rings is 1. The summed E-state index contributed by atoms with van der Waals surface area (Å²) in [5.41, 5.74) is 3.53. The lowest BCUT2D eigenvalue weighted by molar-refractivity contribution is -0.0522. The van der Waals surface area contributed by atoms with E-state index in [4.69, 9.17) is 9.47 Å². The molecule has 0 bridgehead atoms. The summed E-state index contributed by atoms with van der Waals surface area (Å²) in [5, 5.41) is 0. The number of nitrogens with zero attached hydrogens (tertiary/aromatic N) is 2. The van der Waals surface area contributed by atoms with Crippen molar-refractivity contribution in [1.82, 2.24) is 9.38 Å². The molecule has 0 saturated heterocycles. The molecular weight excluding hydrogens is 481 g/mol. The van der Waals surface area contributed by atoms with Gasteiger partial charge in [0.2, 0.25) is 0 Å². The van der Waals surface area contributed by atoms with Crippen LogP contribution in [-0.2, 0) is 26.7 Å². The number of imidazole rings is 1. The van der Waals surface area contributed by atoms with Crippen LogP contribution in [0.15, 0.2) is 60.8 Å². The highest BCUT2D eigenvalue weighted by atomic mass is 32.2. The SMILES string of the molecule is CS(=O)(=O)Cc1ccc(-c2cn3c4c(nc3cc2F)CCO[C@@H]4c2ccccc2OC(F)F)cc1. The van der Waals surface area contributed by atoms with Crippen molar-refractivity contribution in [3.63, 3.8) is 0 Å². The second kappa shape index (κ2) is 9.01. The lowest BCUT2D eigenvalue weighted by Gasteiger charge is -2.25. The van der Waals surface area contributed by atoms with Gasteiger partial charge in [0.25, 0.3) is 0 Å². The molecule has 0 fully saturated rings. The van der Waals surface area contributed by atoms with Crippen LogP contribution in [-0.4, -0.2) is 37.3 Å². The van der Waals surface area contributed by atoms with Crippen LogP contribution >= 0.6 is 0 Å². The summed E-state index contributed by atoms with van der Waals surface area (Å²) in [6.07, 6.45) is 2.50. The number of halogens is 3. The van der Waals surface area contributed by atoms with E-state index in [1.54, 1.807) is 53.1 Å². The van der Waals surface area contributed by atoms with E-state index in [1.165, 1.54) is 12.1 Å². The van der Waals surface area contributed by atoms with E-state index in [2.05, 4.69) is 4.98 Å². The zero-order valence-corrected chi connectivity index (χ0v) is 19.4. The molecule has 0 saturated carbocycles. The third kappa shape index (κ3) is 4.76. The molecule has 1 atom stereocenters. The molecule has 0 spiro atoms. The molecule has 0 amide bonds. The fourth-order valence-electron chi connectivity index (χ4n) is 4.38. The van der Waals surface area contributed by atoms with Crippen molar-refractivity contribution in [2.45, 2.75) is 24.9 Å². The molecule has 2 aromatic heterocycles. The second-order valence-corrected chi connectivity index (χ2v) is 10.5. The molecule has 1 aliphatic rings. The summed E-state index contributed by atoms with van der Waals surface area (Å²) < 4.78 is 76.6. The minimum Gasteiger partial charge on any atom is -0.434 e. The molecule has 35 heavy (non-hydrogen) atoms. The molecule has 0 unspecified atom stereocenters. The lowest BCUT2D eigenvalue weighted by atomic mass is 10.0. The second-order valence-electron chi connectivity index (χ2n) is 8.39. The highest BCUT2D eigenvalue weighted by Gasteiger charge is 2.31. The average Bonchev–Trinajstić information content (AvgIpc) is 3.15. The van der Waals surface area contributed by atoms with Crippen LogP contribution < -0.4 is 4.74 Å². The molecule has 1 aliphatic heterocycles. The molecule has 0 N–H and O–H groups in total. The van der Waals surface area contributed by atoms with Gasteiger partial charge in [-0.25, -0.2) is 17.8 Å². The summed E-state index contributed by atoms with van der Waals surface area (Å²) >= 11 is 0. The maximum Gasteiger partial charge on any atom is 0.387 e. The van der Waals surface area contributed by atoms with E-state index in [-0.39, 0.29) is 17.1 Å². The molecule has 2 aromatic carbocycles. The smallest absolute Gasteiger partial charge is 0.387 e. The van der Waals surface area contributed by atoms with E-state index < -0.39 is 28.4 Å². The fraction of sp³-hybridized carbons (Fsp3) is 0.240. The summed E-state index contributed by atoms with van der Waals surface area (Å²) in [7, 11) is -3.20. The van der Waals surface area contributed by atoms with E-state index in [9.17, 15) is 17.2 Å². The zero-order valence-electron chi connectivity index (χ0n) is 18.6. The van der Waals surface area contributed by atoms with Crippen LogP contribution in [0.1, 0.15) is 28.6 Å². The molecule has 3 heterocycles. The first-order valence-corrected chi connectivity index (χ1v) is 12.9. The summed E-state index contributed by atoms with van der Waals surface area (Å²) in [6.45, 7) is -2.67. The van der Waals surface area contributed by atoms with Gasteiger partial charge in [0, 0.05) is 36.1 Å². The predicted octanol–water partition coefficient (Wildman–Crippen LogP) is 4.95. The Morgan fingerprint density at radius 1 is 1.17 bits per heavy atom. The standard InChI is InChI=1S/C25H21F3N2O4S/c1-35(31,32)14-15-6-8-16(9-7-15)18-13-30-22(12-19(18)26)29-20-10-11-33-24(23(20)30)17-4-2-3-5-21(17)34-25(27)28/h2-9,12-13,24-25H,10-11,14H2,1H3/t24-/m1/s1. The highest BCUT2D eigenvalue weighted by Crippen LogP contribution is 2.39. The van der Waals surface area contributed by atoms with E-state index in [0.29, 0.717) is 46.8 Å². The zero-order chi connectivity index (χ0) is 24.7. The topological polar surface area (TPSA) is 69.9 Å². The number of ether oxygens (including phenoxy) is 2. The Morgan fingerprint density at radius 3 is 2.63 bits per heavy atom. The van der Waals surface area contributed by atoms with Crippen molar-refractivity contribution >= 4 is 15.5 Å². The fourth-order valence-corrected chi connectivity index (χ4v) is 5.18. The van der Waals surface area contributed by atoms with Crippen molar-refractivity contribution in [2.24, 2.45) is 0 Å². The molecule has 10 heteroatoms. The minimum absolute atomic E-state index is 0.000833. The third-order valence-corrected chi connectivity index (χ3v) is 6.66. The molecule has 5 rings (SSSR count). The van der Waals surface area contributed by atoms with Crippen molar-refractivity contribution in [3.05, 3.63) is 89.1 Å². The van der Waals surface area contributed by atoms with Crippen molar-refractivity contribution in [2.75, 3.05) is 12.9 Å². The maximum atomic E-state index is 15.1. The number of rotatable bonds is 6. The number of sulfone groups is 1. The van der Waals surface area contributed by atoms with Crippen LogP contribution in [0.2, 0.25) is 0 Å². The van der Waals surface area contributed by atoms with Crippen LogP contribution in [0, 0.1) is 5.82 Å². The van der Waals surface area contributed by atoms with Crippen LogP contribution in [0.3, 0.4) is 0 Å². The van der Waals surface area contributed by atoms with Gasteiger partial charge in [0.05, 0.1) is 23.7 Å². The van der Waals surface area contributed by atoms with Gasteiger partial charge < -0.3 is 9.47 Å². The predicted molar refractivity (Wildman–Crippen MR) is 124 cm³/mol. The van der Waals surface area contributed by atoms with Gasteiger partial charge >= 0.3 is 6.61 Å². The lowest BCUT2D eigenvalue weighted by Crippen LogP contribution is -2.20. The quantitative estimate of drug-likeness (QED) is 0.373. The van der Waals surface area contributed by atoms with Gasteiger partial charge in [0.15, 0.2) is 9.84 Å². The maximum absolute atomic E-state index is 15.1. The number of hydrogen-bond acceptors (Lipinski definition) is 5. The van der Waals surface area contributed by atoms with Crippen LogP contribution in [0.5, 0.6) is 5.75 Å². The molecule has 4 aromatic rings. The van der Waals surface area contributed by atoms with Gasteiger partial charge in [-0.15, -0.1) is 0 Å². The van der Waals surface area contributed by atoms with E-state index in [0.717, 1.165) is 6.26 Å². The largest absolute Gasteiger partial charge is 0.434 e. The van der Waals surface area contributed by atoms with Crippen LogP contribution in [0.4, 0.5) is 13.2 Å². The minimum atomic E-state index is -3.20. The first kappa shape index (κ1) is 23.4. The highest BCUT2D eigenvalue weighted by molar-refractivity contribution is 7.89. The number of fused-ring (bicyclic) bond motifs is 3. The van der Waals surface area contributed by atoms with Crippen molar-refractivity contribution in [1.29, 1.82) is 0 Å². The first-order chi connectivity index (χ1) is 16.7. The van der Waals surface area contributed by atoms with Gasteiger partial charge in [-0.1, -0.05) is 42.5 Å². The monoisotopic (exact) mass is 502 g/mol. The molecule has 182 valence electrons. The molecule has 0 aliphatic carbocycles. The molecule has 0 radical (unpaired) electrons. The average molecular weight is 503 g/mol. The number of alkyl halides is 2.